The number of rotatable bonds is 2. The zero-order valence-electron chi connectivity index (χ0n) is 14.2. The van der Waals surface area contributed by atoms with Crippen LogP contribution in [-0.4, -0.2) is 54.8 Å². The van der Waals surface area contributed by atoms with E-state index < -0.39 is 11.6 Å². The molecule has 1 unspecified atom stereocenters. The molecule has 1 atom stereocenters. The fraction of sp³-hybridized carbons (Fsp3) is 0.667. The highest BCUT2D eigenvalue weighted by atomic mass is 32.1. The van der Waals surface area contributed by atoms with Crippen molar-refractivity contribution in [2.75, 3.05) is 32.9 Å². The van der Waals surface area contributed by atoms with Gasteiger partial charge in [0.1, 0.15) is 4.88 Å². The number of carboxylic acids is 1. The largest absolute Gasteiger partial charge is 0.477 e. The molecule has 2 saturated heterocycles. The maximum atomic E-state index is 12.7. The molecule has 3 aliphatic rings. The lowest BCUT2D eigenvalue weighted by Gasteiger charge is -2.44. The first-order valence-electron chi connectivity index (χ1n) is 8.96. The van der Waals surface area contributed by atoms with Gasteiger partial charge in [-0.05, 0) is 37.3 Å². The Bertz CT molecular complexity index is 671. The Hall–Kier alpha value is -1.44. The molecule has 3 aliphatic heterocycles. The van der Waals surface area contributed by atoms with Crippen LogP contribution in [0.15, 0.2) is 6.07 Å². The minimum absolute atomic E-state index is 0.00889. The first-order valence-corrected chi connectivity index (χ1v) is 9.78. The van der Waals surface area contributed by atoms with Gasteiger partial charge in [0.25, 0.3) is 0 Å². The number of carboxylic acid groups (broad SMARTS) is 1. The summed E-state index contributed by atoms with van der Waals surface area (Å²) in [6, 6.07) is 1.79. The molecule has 0 aliphatic carbocycles. The molecule has 1 aromatic heterocycles. The number of aromatic carboxylic acids is 1. The van der Waals surface area contributed by atoms with Gasteiger partial charge < -0.3 is 19.5 Å². The third-order valence-corrected chi connectivity index (χ3v) is 6.79. The summed E-state index contributed by atoms with van der Waals surface area (Å²) >= 11 is 1.36. The van der Waals surface area contributed by atoms with E-state index >= 15 is 0 Å². The molecule has 0 radical (unpaired) electrons. The van der Waals surface area contributed by atoms with Gasteiger partial charge in [0, 0.05) is 31.0 Å². The number of carbonyl (C=O) groups is 2. The van der Waals surface area contributed by atoms with E-state index in [2.05, 4.69) is 0 Å². The second kappa shape index (κ2) is 6.70. The van der Waals surface area contributed by atoms with Crippen LogP contribution in [0.3, 0.4) is 0 Å². The van der Waals surface area contributed by atoms with Crippen molar-refractivity contribution in [1.29, 1.82) is 0 Å². The average molecular weight is 365 g/mol. The SMILES string of the molecule is O=C(O)c1cc2c(s1)CCOC21CCN(C(=O)C2CCCOC2)CC1. The number of hydrogen-bond donors (Lipinski definition) is 1. The zero-order valence-corrected chi connectivity index (χ0v) is 15.0. The Kier molecular flexibility index (Phi) is 4.56. The number of fused-ring (bicyclic) bond motifs is 2. The number of hydrogen-bond acceptors (Lipinski definition) is 5. The minimum Gasteiger partial charge on any atom is -0.477 e. The van der Waals surface area contributed by atoms with E-state index in [0.717, 1.165) is 49.2 Å². The molecule has 25 heavy (non-hydrogen) atoms. The molecule has 6 nitrogen and oxygen atoms in total. The van der Waals surface area contributed by atoms with Gasteiger partial charge >= 0.3 is 5.97 Å². The molecular formula is C18H23NO5S. The number of amides is 1. The minimum atomic E-state index is -0.875. The van der Waals surface area contributed by atoms with Gasteiger partial charge in [-0.15, -0.1) is 11.3 Å². The van der Waals surface area contributed by atoms with Crippen molar-refractivity contribution in [2.45, 2.75) is 37.7 Å². The molecule has 0 bridgehead atoms. The summed E-state index contributed by atoms with van der Waals surface area (Å²) in [5.41, 5.74) is 0.617. The quantitative estimate of drug-likeness (QED) is 0.870. The van der Waals surface area contributed by atoms with Crippen molar-refractivity contribution in [2.24, 2.45) is 5.92 Å². The van der Waals surface area contributed by atoms with E-state index in [1.54, 1.807) is 6.07 Å². The highest BCUT2D eigenvalue weighted by Crippen LogP contribution is 2.44. The van der Waals surface area contributed by atoms with Gasteiger partial charge in [0.2, 0.25) is 5.91 Å². The molecule has 1 aromatic rings. The maximum Gasteiger partial charge on any atom is 0.345 e. The number of thiophene rings is 1. The third kappa shape index (κ3) is 3.09. The van der Waals surface area contributed by atoms with E-state index in [1.807, 2.05) is 4.90 Å². The first kappa shape index (κ1) is 17.0. The standard InChI is InChI=1S/C18H23NO5S/c20-16(12-2-1-8-23-11-12)19-6-4-18(5-7-19)13-10-15(17(21)22)25-14(13)3-9-24-18/h10,12H,1-9,11H2,(H,21,22). The van der Waals surface area contributed by atoms with Crippen molar-refractivity contribution in [3.8, 4) is 0 Å². The summed E-state index contributed by atoms with van der Waals surface area (Å²) in [5.74, 6) is -0.688. The van der Waals surface area contributed by atoms with E-state index in [4.69, 9.17) is 9.47 Å². The summed E-state index contributed by atoms with van der Waals surface area (Å²) in [7, 11) is 0. The van der Waals surface area contributed by atoms with Gasteiger partial charge in [-0.3, -0.25) is 4.79 Å². The summed E-state index contributed by atoms with van der Waals surface area (Å²) in [4.78, 5) is 27.5. The second-order valence-corrected chi connectivity index (χ2v) is 8.22. The summed E-state index contributed by atoms with van der Waals surface area (Å²) < 4.78 is 11.6. The van der Waals surface area contributed by atoms with Crippen LogP contribution < -0.4 is 0 Å². The molecule has 4 rings (SSSR count). The normalized spacial score (nSPS) is 25.6. The van der Waals surface area contributed by atoms with Gasteiger partial charge in [-0.2, -0.15) is 0 Å². The summed E-state index contributed by atoms with van der Waals surface area (Å²) in [5, 5.41) is 9.28. The molecular weight excluding hydrogens is 342 g/mol. The number of ether oxygens (including phenoxy) is 2. The summed E-state index contributed by atoms with van der Waals surface area (Å²) in [6.07, 6.45) is 4.10. The fourth-order valence-corrected chi connectivity index (χ4v) is 5.29. The Balaban J connectivity index is 1.48. The van der Waals surface area contributed by atoms with Gasteiger partial charge in [-0.1, -0.05) is 0 Å². The van der Waals surface area contributed by atoms with Crippen molar-refractivity contribution in [1.82, 2.24) is 4.90 Å². The monoisotopic (exact) mass is 365 g/mol. The predicted molar refractivity (Wildman–Crippen MR) is 92.0 cm³/mol. The molecule has 1 spiro atoms. The van der Waals surface area contributed by atoms with Crippen molar-refractivity contribution < 1.29 is 24.2 Å². The van der Waals surface area contributed by atoms with E-state index in [-0.39, 0.29) is 11.8 Å². The Labute approximate surface area is 150 Å². The van der Waals surface area contributed by atoms with Crippen molar-refractivity contribution in [3.63, 3.8) is 0 Å². The smallest absolute Gasteiger partial charge is 0.345 e. The maximum absolute atomic E-state index is 12.7. The molecule has 2 fully saturated rings. The molecule has 1 N–H and O–H groups in total. The lowest BCUT2D eigenvalue weighted by Crippen LogP contribution is -2.50. The van der Waals surface area contributed by atoms with Gasteiger partial charge in [0.05, 0.1) is 24.7 Å². The lowest BCUT2D eigenvalue weighted by molar-refractivity contribution is -0.148. The average Bonchev–Trinajstić information content (AvgIpc) is 3.09. The van der Waals surface area contributed by atoms with Gasteiger partial charge in [0.15, 0.2) is 0 Å². The van der Waals surface area contributed by atoms with Crippen molar-refractivity contribution in [3.05, 3.63) is 21.4 Å². The van der Waals surface area contributed by atoms with E-state index in [9.17, 15) is 14.7 Å². The van der Waals surface area contributed by atoms with Crippen LogP contribution in [-0.2, 0) is 26.3 Å². The molecule has 0 aromatic carbocycles. The highest BCUT2D eigenvalue weighted by molar-refractivity contribution is 7.14. The Morgan fingerprint density at radius 1 is 1.28 bits per heavy atom. The highest BCUT2D eigenvalue weighted by Gasteiger charge is 2.43. The van der Waals surface area contributed by atoms with Crippen LogP contribution in [0.4, 0.5) is 0 Å². The molecule has 136 valence electrons. The van der Waals surface area contributed by atoms with Crippen molar-refractivity contribution >= 4 is 23.2 Å². The van der Waals surface area contributed by atoms with Crippen LogP contribution in [0.2, 0.25) is 0 Å². The lowest BCUT2D eigenvalue weighted by atomic mass is 9.82. The van der Waals surface area contributed by atoms with Crippen LogP contribution in [0.5, 0.6) is 0 Å². The second-order valence-electron chi connectivity index (χ2n) is 7.08. The van der Waals surface area contributed by atoms with Gasteiger partial charge in [-0.25, -0.2) is 4.79 Å². The number of nitrogens with zero attached hydrogens (tertiary/aromatic N) is 1. The number of likely N-dealkylation sites (tertiary alicyclic amines) is 1. The first-order chi connectivity index (χ1) is 12.1. The Morgan fingerprint density at radius 3 is 2.76 bits per heavy atom. The van der Waals surface area contributed by atoms with Crippen LogP contribution >= 0.6 is 11.3 Å². The zero-order chi connectivity index (χ0) is 17.4. The number of carbonyl (C=O) groups excluding carboxylic acids is 1. The molecule has 1 amide bonds. The van der Waals surface area contributed by atoms with Crippen LogP contribution in [0.25, 0.3) is 0 Å². The Morgan fingerprint density at radius 2 is 2.08 bits per heavy atom. The predicted octanol–water partition coefficient (Wildman–Crippen LogP) is 2.26. The topological polar surface area (TPSA) is 76.1 Å². The van der Waals surface area contributed by atoms with Crippen LogP contribution in [0, 0.1) is 5.92 Å². The van der Waals surface area contributed by atoms with E-state index in [0.29, 0.717) is 31.2 Å². The fourth-order valence-electron chi connectivity index (χ4n) is 4.22. The molecule has 4 heterocycles. The summed E-state index contributed by atoms with van der Waals surface area (Å²) in [6.45, 7) is 3.23. The third-order valence-electron chi connectivity index (χ3n) is 5.61. The van der Waals surface area contributed by atoms with E-state index in [1.165, 1.54) is 11.3 Å². The molecule has 0 saturated carbocycles. The van der Waals surface area contributed by atoms with Crippen LogP contribution in [0.1, 0.15) is 45.8 Å². The number of piperidine rings is 1. The molecule has 7 heteroatoms.